The Morgan fingerprint density at radius 1 is 1.14 bits per heavy atom. The molecule has 0 saturated carbocycles. The van der Waals surface area contributed by atoms with E-state index < -0.39 is 11.7 Å². The number of hydrogen-bond donors (Lipinski definition) is 2. The van der Waals surface area contributed by atoms with Gasteiger partial charge in [0, 0.05) is 11.1 Å². The Morgan fingerprint density at radius 2 is 1.86 bits per heavy atom. The van der Waals surface area contributed by atoms with Gasteiger partial charge >= 0.3 is 6.18 Å². The first-order valence-electron chi connectivity index (χ1n) is 5.48. The third-order valence-electron chi connectivity index (χ3n) is 2.39. The Kier molecular flexibility index (Phi) is 4.46. The maximum atomic E-state index is 12.8. The van der Waals surface area contributed by atoms with E-state index in [0.29, 0.717) is 5.02 Å². The molecule has 0 aliphatic carbocycles. The van der Waals surface area contributed by atoms with Crippen LogP contribution in [0.15, 0.2) is 30.3 Å². The average Bonchev–Trinajstić information content (AvgIpc) is 2.40. The standard InChI is InChI=1S/C12H8Cl2F3N3O/c13-7-1-2-9(8(14)5-7)21-11-4-6(12(15,16)17)3-10(19-11)20-18/h1-5H,18H2,(H,19,20). The first kappa shape index (κ1) is 15.7. The number of rotatable bonds is 3. The van der Waals surface area contributed by atoms with Crippen LogP contribution in [0.1, 0.15) is 5.56 Å². The molecule has 0 saturated heterocycles. The minimum absolute atomic E-state index is 0.121. The summed E-state index contributed by atoms with van der Waals surface area (Å²) in [5.74, 6) is 4.72. The number of nitrogens with one attached hydrogen (secondary N) is 1. The van der Waals surface area contributed by atoms with E-state index in [1.54, 1.807) is 0 Å². The molecule has 21 heavy (non-hydrogen) atoms. The molecule has 0 spiro atoms. The summed E-state index contributed by atoms with van der Waals surface area (Å²) in [6, 6.07) is 5.80. The van der Waals surface area contributed by atoms with Crippen LogP contribution in [0.3, 0.4) is 0 Å². The molecule has 112 valence electrons. The molecule has 0 radical (unpaired) electrons. The van der Waals surface area contributed by atoms with Crippen LogP contribution in [0, 0.1) is 0 Å². The second-order valence-electron chi connectivity index (χ2n) is 3.90. The summed E-state index contributed by atoms with van der Waals surface area (Å²) in [6.45, 7) is 0. The quantitative estimate of drug-likeness (QED) is 0.640. The number of ether oxygens (including phenoxy) is 1. The van der Waals surface area contributed by atoms with Gasteiger partial charge in [-0.2, -0.15) is 18.2 Å². The minimum Gasteiger partial charge on any atom is -0.437 e. The van der Waals surface area contributed by atoms with Crippen LogP contribution in [-0.2, 0) is 6.18 Å². The highest BCUT2D eigenvalue weighted by Gasteiger charge is 2.32. The fourth-order valence-electron chi connectivity index (χ4n) is 1.47. The third-order valence-corrected chi connectivity index (χ3v) is 2.92. The highest BCUT2D eigenvalue weighted by molar-refractivity contribution is 6.35. The molecule has 4 nitrogen and oxygen atoms in total. The molecule has 1 aromatic heterocycles. The smallest absolute Gasteiger partial charge is 0.416 e. The van der Waals surface area contributed by atoms with E-state index in [0.717, 1.165) is 12.1 Å². The van der Waals surface area contributed by atoms with E-state index in [-0.39, 0.29) is 22.5 Å². The molecule has 0 fully saturated rings. The lowest BCUT2D eigenvalue weighted by atomic mass is 10.2. The van der Waals surface area contributed by atoms with Crippen molar-refractivity contribution in [2.45, 2.75) is 6.18 Å². The number of hydrogen-bond acceptors (Lipinski definition) is 4. The summed E-state index contributed by atoms with van der Waals surface area (Å²) in [5, 5.41) is 0.512. The van der Waals surface area contributed by atoms with Gasteiger partial charge in [0.1, 0.15) is 11.6 Å². The molecule has 9 heteroatoms. The van der Waals surface area contributed by atoms with Gasteiger partial charge in [0.25, 0.3) is 0 Å². The van der Waals surface area contributed by atoms with E-state index >= 15 is 0 Å². The molecule has 1 heterocycles. The highest BCUT2D eigenvalue weighted by Crippen LogP contribution is 2.35. The Bertz CT molecular complexity index is 665. The first-order valence-corrected chi connectivity index (χ1v) is 6.24. The first-order chi connectivity index (χ1) is 9.79. The lowest BCUT2D eigenvalue weighted by Crippen LogP contribution is -2.12. The number of benzene rings is 1. The highest BCUT2D eigenvalue weighted by atomic mass is 35.5. The Hall–Kier alpha value is -1.70. The molecule has 0 aliphatic rings. The van der Waals surface area contributed by atoms with Crippen molar-refractivity contribution in [3.8, 4) is 11.6 Å². The molecule has 2 aromatic rings. The van der Waals surface area contributed by atoms with Crippen LogP contribution in [-0.4, -0.2) is 4.98 Å². The molecular formula is C12H8Cl2F3N3O. The van der Waals surface area contributed by atoms with Gasteiger partial charge in [-0.05, 0) is 24.3 Å². The van der Waals surface area contributed by atoms with Crippen molar-refractivity contribution in [1.82, 2.24) is 4.98 Å². The number of pyridine rings is 1. The van der Waals surface area contributed by atoms with Crippen molar-refractivity contribution < 1.29 is 17.9 Å². The molecule has 0 aliphatic heterocycles. The molecule has 0 amide bonds. The number of alkyl halides is 3. The lowest BCUT2D eigenvalue weighted by molar-refractivity contribution is -0.137. The number of nitrogens with two attached hydrogens (primary N) is 1. The van der Waals surface area contributed by atoms with Crippen LogP contribution in [0.4, 0.5) is 19.0 Å². The summed E-state index contributed by atoms with van der Waals surface area (Å²) in [6.07, 6.45) is -4.56. The largest absolute Gasteiger partial charge is 0.437 e. The molecule has 0 unspecified atom stereocenters. The lowest BCUT2D eigenvalue weighted by Gasteiger charge is -2.12. The predicted molar refractivity (Wildman–Crippen MR) is 73.6 cm³/mol. The summed E-state index contributed by atoms with van der Waals surface area (Å²) in [4.78, 5) is 3.77. The molecular weight excluding hydrogens is 330 g/mol. The van der Waals surface area contributed by atoms with Gasteiger partial charge in [0.2, 0.25) is 5.88 Å². The Labute approximate surface area is 127 Å². The number of nitrogens with zero attached hydrogens (tertiary/aromatic N) is 1. The van der Waals surface area contributed by atoms with Gasteiger partial charge in [-0.15, -0.1) is 0 Å². The van der Waals surface area contributed by atoms with Crippen molar-refractivity contribution in [2.24, 2.45) is 5.84 Å². The normalized spacial score (nSPS) is 11.3. The third kappa shape index (κ3) is 3.90. The maximum Gasteiger partial charge on any atom is 0.416 e. The second-order valence-corrected chi connectivity index (χ2v) is 4.74. The summed E-state index contributed by atoms with van der Waals surface area (Å²) < 4.78 is 43.5. The fraction of sp³-hybridized carbons (Fsp3) is 0.0833. The van der Waals surface area contributed by atoms with Crippen molar-refractivity contribution in [2.75, 3.05) is 5.43 Å². The zero-order chi connectivity index (χ0) is 15.6. The van der Waals surface area contributed by atoms with Crippen LogP contribution < -0.4 is 16.0 Å². The van der Waals surface area contributed by atoms with Gasteiger partial charge in [0.15, 0.2) is 0 Å². The van der Waals surface area contributed by atoms with E-state index in [4.69, 9.17) is 33.8 Å². The topological polar surface area (TPSA) is 60.2 Å². The number of halogens is 5. The molecule has 2 rings (SSSR count). The fourth-order valence-corrected chi connectivity index (χ4v) is 1.91. The van der Waals surface area contributed by atoms with Gasteiger partial charge < -0.3 is 10.2 Å². The Morgan fingerprint density at radius 3 is 2.43 bits per heavy atom. The number of hydrazine groups is 1. The number of nitrogen functional groups attached to an aromatic ring is 1. The van der Waals surface area contributed by atoms with E-state index in [1.165, 1.54) is 18.2 Å². The van der Waals surface area contributed by atoms with E-state index in [1.807, 2.05) is 5.43 Å². The molecule has 0 atom stereocenters. The second kappa shape index (κ2) is 5.97. The van der Waals surface area contributed by atoms with Gasteiger partial charge in [-0.3, -0.25) is 0 Å². The van der Waals surface area contributed by atoms with E-state index in [2.05, 4.69) is 4.98 Å². The molecule has 1 aromatic carbocycles. The molecule has 3 N–H and O–H groups in total. The minimum atomic E-state index is -4.56. The molecule has 0 bridgehead atoms. The van der Waals surface area contributed by atoms with Crippen LogP contribution >= 0.6 is 23.2 Å². The van der Waals surface area contributed by atoms with Crippen molar-refractivity contribution in [3.63, 3.8) is 0 Å². The van der Waals surface area contributed by atoms with Crippen molar-refractivity contribution >= 4 is 29.0 Å². The van der Waals surface area contributed by atoms with Crippen molar-refractivity contribution in [1.29, 1.82) is 0 Å². The summed E-state index contributed by atoms with van der Waals surface area (Å²) in [7, 11) is 0. The van der Waals surface area contributed by atoms with Gasteiger partial charge in [0.05, 0.1) is 10.6 Å². The SMILES string of the molecule is NNc1cc(C(F)(F)F)cc(Oc2ccc(Cl)cc2Cl)n1. The number of aromatic nitrogens is 1. The average molecular weight is 338 g/mol. The Balaban J connectivity index is 2.39. The van der Waals surface area contributed by atoms with Crippen LogP contribution in [0.5, 0.6) is 11.6 Å². The summed E-state index contributed by atoms with van der Waals surface area (Å²) in [5.41, 5.74) is 1.09. The maximum absolute atomic E-state index is 12.8. The summed E-state index contributed by atoms with van der Waals surface area (Å²) >= 11 is 11.6. The monoisotopic (exact) mass is 337 g/mol. The van der Waals surface area contributed by atoms with Gasteiger partial charge in [-0.25, -0.2) is 5.84 Å². The van der Waals surface area contributed by atoms with Gasteiger partial charge in [-0.1, -0.05) is 23.2 Å². The van der Waals surface area contributed by atoms with E-state index in [9.17, 15) is 13.2 Å². The number of anilines is 1. The van der Waals surface area contributed by atoms with Crippen molar-refractivity contribution in [3.05, 3.63) is 45.9 Å². The predicted octanol–water partition coefficient (Wildman–Crippen LogP) is 4.49. The zero-order valence-electron chi connectivity index (χ0n) is 10.2. The van der Waals surface area contributed by atoms with Crippen LogP contribution in [0.2, 0.25) is 10.0 Å². The zero-order valence-corrected chi connectivity index (χ0v) is 11.7. The van der Waals surface area contributed by atoms with Crippen LogP contribution in [0.25, 0.3) is 0 Å².